The number of rotatable bonds is 4. The van der Waals surface area contributed by atoms with Crippen molar-refractivity contribution in [2.45, 2.75) is 59.5 Å². The van der Waals surface area contributed by atoms with Crippen molar-refractivity contribution in [1.82, 2.24) is 10.2 Å². The van der Waals surface area contributed by atoms with Crippen LogP contribution in [0, 0.1) is 5.41 Å². The van der Waals surface area contributed by atoms with Crippen LogP contribution < -0.4 is 11.1 Å². The molecule has 0 saturated carbocycles. The number of aliphatic imine (C=N–C) groups is 1. The molecule has 0 radical (unpaired) electrons. The standard InChI is InChI=1S/C16H32N4O2.HI/c1-6-9-18-13(17)19-12-16(5)7-10-20(11-8-16)14(21)22-15(2,3)4;/h6-12H2,1-5H3,(H3,17,18,19);1H. The molecule has 0 spiro atoms. The summed E-state index contributed by atoms with van der Waals surface area (Å²) in [6, 6.07) is 0. The van der Waals surface area contributed by atoms with Crippen molar-refractivity contribution in [3.05, 3.63) is 0 Å². The molecule has 0 aromatic heterocycles. The average molecular weight is 440 g/mol. The highest BCUT2D eigenvalue weighted by Crippen LogP contribution is 2.31. The maximum Gasteiger partial charge on any atom is 0.410 e. The molecule has 0 atom stereocenters. The number of carbonyl (C=O) groups is 1. The zero-order chi connectivity index (χ0) is 16.8. The van der Waals surface area contributed by atoms with E-state index in [9.17, 15) is 4.79 Å². The molecule has 0 aromatic rings. The lowest BCUT2D eigenvalue weighted by atomic mass is 9.80. The molecule has 1 saturated heterocycles. The summed E-state index contributed by atoms with van der Waals surface area (Å²) in [6.45, 7) is 12.9. The number of nitrogens with one attached hydrogen (secondary N) is 1. The van der Waals surface area contributed by atoms with Crippen LogP contribution in [0.4, 0.5) is 4.79 Å². The largest absolute Gasteiger partial charge is 0.444 e. The summed E-state index contributed by atoms with van der Waals surface area (Å²) in [4.78, 5) is 18.3. The molecule has 1 heterocycles. The van der Waals surface area contributed by atoms with Crippen molar-refractivity contribution in [2.24, 2.45) is 16.1 Å². The lowest BCUT2D eigenvalue weighted by molar-refractivity contribution is 0.0127. The van der Waals surface area contributed by atoms with Crippen molar-refractivity contribution in [2.75, 3.05) is 26.2 Å². The predicted octanol–water partition coefficient (Wildman–Crippen LogP) is 2.96. The van der Waals surface area contributed by atoms with Crippen LogP contribution in [0.1, 0.15) is 53.9 Å². The van der Waals surface area contributed by atoms with E-state index in [1.54, 1.807) is 4.90 Å². The molecule has 1 aliphatic heterocycles. The van der Waals surface area contributed by atoms with E-state index in [0.717, 1.165) is 25.8 Å². The van der Waals surface area contributed by atoms with Gasteiger partial charge >= 0.3 is 6.09 Å². The van der Waals surface area contributed by atoms with Crippen molar-refractivity contribution in [1.29, 1.82) is 0 Å². The van der Waals surface area contributed by atoms with Crippen molar-refractivity contribution in [3.63, 3.8) is 0 Å². The monoisotopic (exact) mass is 440 g/mol. The summed E-state index contributed by atoms with van der Waals surface area (Å²) < 4.78 is 5.42. The molecule has 6 nitrogen and oxygen atoms in total. The Morgan fingerprint density at radius 2 is 1.91 bits per heavy atom. The number of hydrogen-bond donors (Lipinski definition) is 2. The first-order valence-electron chi connectivity index (χ1n) is 8.17. The molecular weight excluding hydrogens is 407 g/mol. The molecule has 136 valence electrons. The fraction of sp³-hybridized carbons (Fsp3) is 0.875. The maximum atomic E-state index is 12.1. The molecule has 0 aromatic carbocycles. The first-order chi connectivity index (χ1) is 10.2. The van der Waals surface area contributed by atoms with E-state index in [0.29, 0.717) is 25.6 Å². The van der Waals surface area contributed by atoms with Gasteiger partial charge in [0.2, 0.25) is 0 Å². The summed E-state index contributed by atoms with van der Waals surface area (Å²) in [6.07, 6.45) is 2.63. The molecule has 0 unspecified atom stereocenters. The van der Waals surface area contributed by atoms with E-state index >= 15 is 0 Å². The van der Waals surface area contributed by atoms with Gasteiger partial charge in [-0.2, -0.15) is 0 Å². The summed E-state index contributed by atoms with van der Waals surface area (Å²) in [5, 5.41) is 3.09. The topological polar surface area (TPSA) is 80.0 Å². The van der Waals surface area contributed by atoms with Crippen molar-refractivity contribution < 1.29 is 9.53 Å². The van der Waals surface area contributed by atoms with Gasteiger partial charge in [-0.1, -0.05) is 13.8 Å². The maximum absolute atomic E-state index is 12.1. The highest BCUT2D eigenvalue weighted by Gasteiger charge is 2.33. The molecule has 7 heteroatoms. The van der Waals surface area contributed by atoms with Crippen LogP contribution in [-0.2, 0) is 4.74 Å². The van der Waals surface area contributed by atoms with Crippen molar-refractivity contribution in [3.8, 4) is 0 Å². The van der Waals surface area contributed by atoms with E-state index in [2.05, 4.69) is 24.2 Å². The minimum atomic E-state index is -0.443. The molecule has 0 aliphatic carbocycles. The van der Waals surface area contributed by atoms with Gasteiger partial charge in [0.15, 0.2) is 5.96 Å². The molecule has 1 aliphatic rings. The molecule has 1 fully saturated rings. The number of piperidine rings is 1. The zero-order valence-corrected chi connectivity index (χ0v) is 17.5. The number of nitrogens with zero attached hydrogens (tertiary/aromatic N) is 2. The minimum Gasteiger partial charge on any atom is -0.444 e. The van der Waals surface area contributed by atoms with Crippen LogP contribution in [0.3, 0.4) is 0 Å². The molecule has 3 N–H and O–H groups in total. The van der Waals surface area contributed by atoms with Gasteiger partial charge in [-0.05, 0) is 45.4 Å². The molecule has 23 heavy (non-hydrogen) atoms. The van der Waals surface area contributed by atoms with Gasteiger partial charge in [0.05, 0.1) is 0 Å². The van der Waals surface area contributed by atoms with E-state index < -0.39 is 5.60 Å². The molecule has 1 amide bonds. The van der Waals surface area contributed by atoms with Gasteiger partial charge in [-0.25, -0.2) is 4.79 Å². The third kappa shape index (κ3) is 8.62. The second kappa shape index (κ2) is 9.54. The van der Waals surface area contributed by atoms with Crippen molar-refractivity contribution >= 4 is 36.0 Å². The molecular formula is C16H33IN4O2. The molecule has 1 rings (SSSR count). The Hall–Kier alpha value is -0.730. The minimum absolute atomic E-state index is 0. The van der Waals surface area contributed by atoms with Gasteiger partial charge in [-0.3, -0.25) is 4.99 Å². The fourth-order valence-corrected chi connectivity index (χ4v) is 2.30. The Morgan fingerprint density at radius 1 is 1.35 bits per heavy atom. The SMILES string of the molecule is CCCNC(N)=NCC1(C)CCN(C(=O)OC(C)(C)C)CC1.I. The Balaban J connectivity index is 0.00000484. The lowest BCUT2D eigenvalue weighted by Gasteiger charge is -2.38. The van der Waals surface area contributed by atoms with E-state index in [4.69, 9.17) is 10.5 Å². The Labute approximate surface area is 157 Å². The van der Waals surface area contributed by atoms with E-state index in [1.807, 2.05) is 20.8 Å². The van der Waals surface area contributed by atoms with Gasteiger partial charge in [-0.15, -0.1) is 24.0 Å². The van der Waals surface area contributed by atoms with E-state index in [1.165, 1.54) is 0 Å². The number of amides is 1. The van der Waals surface area contributed by atoms with Gasteiger partial charge in [0.1, 0.15) is 5.60 Å². The van der Waals surface area contributed by atoms with Crippen LogP contribution in [0.25, 0.3) is 0 Å². The van der Waals surface area contributed by atoms with E-state index in [-0.39, 0.29) is 35.5 Å². The zero-order valence-electron chi connectivity index (χ0n) is 15.1. The Bertz CT molecular complexity index is 399. The predicted molar refractivity (Wildman–Crippen MR) is 105 cm³/mol. The third-order valence-electron chi connectivity index (χ3n) is 3.81. The van der Waals surface area contributed by atoms with Gasteiger partial charge < -0.3 is 20.7 Å². The summed E-state index contributed by atoms with van der Waals surface area (Å²) in [5.74, 6) is 0.512. The van der Waals surface area contributed by atoms with Crippen LogP contribution in [0.5, 0.6) is 0 Å². The number of guanidine groups is 1. The number of halogens is 1. The van der Waals surface area contributed by atoms with Gasteiger partial charge in [0, 0.05) is 26.2 Å². The van der Waals surface area contributed by atoms with Gasteiger partial charge in [0.25, 0.3) is 0 Å². The fourth-order valence-electron chi connectivity index (χ4n) is 2.30. The summed E-state index contributed by atoms with van der Waals surface area (Å²) >= 11 is 0. The number of carbonyl (C=O) groups excluding carboxylic acids is 1. The second-order valence-electron chi connectivity index (χ2n) is 7.41. The highest BCUT2D eigenvalue weighted by atomic mass is 127. The number of nitrogens with two attached hydrogens (primary N) is 1. The summed E-state index contributed by atoms with van der Waals surface area (Å²) in [5.41, 5.74) is 5.49. The quantitative estimate of drug-likeness (QED) is 0.400. The van der Waals surface area contributed by atoms with Crippen LogP contribution >= 0.6 is 24.0 Å². The van der Waals surface area contributed by atoms with Crippen LogP contribution in [0.15, 0.2) is 4.99 Å². The average Bonchev–Trinajstić information content (AvgIpc) is 2.42. The van der Waals surface area contributed by atoms with Crippen LogP contribution in [-0.4, -0.2) is 48.7 Å². The molecule has 0 bridgehead atoms. The second-order valence-corrected chi connectivity index (χ2v) is 7.41. The number of hydrogen-bond acceptors (Lipinski definition) is 3. The number of likely N-dealkylation sites (tertiary alicyclic amines) is 1. The smallest absolute Gasteiger partial charge is 0.410 e. The Morgan fingerprint density at radius 3 is 2.39 bits per heavy atom. The first kappa shape index (κ1) is 22.3. The first-order valence-corrected chi connectivity index (χ1v) is 8.17. The third-order valence-corrected chi connectivity index (χ3v) is 3.81. The Kier molecular flexibility index (Phi) is 9.24. The van der Waals surface area contributed by atoms with Crippen LogP contribution in [0.2, 0.25) is 0 Å². The highest BCUT2D eigenvalue weighted by molar-refractivity contribution is 14.0. The number of ether oxygens (including phenoxy) is 1. The lowest BCUT2D eigenvalue weighted by Crippen LogP contribution is -2.45. The normalized spacial score (nSPS) is 18.1. The summed E-state index contributed by atoms with van der Waals surface area (Å²) in [7, 11) is 0.